The zero-order valence-electron chi connectivity index (χ0n) is 13.7. The zero-order chi connectivity index (χ0) is 15.2. The predicted octanol–water partition coefficient (Wildman–Crippen LogP) is 5.30. The maximum atomic E-state index is 13.9. The van der Waals surface area contributed by atoms with Crippen LogP contribution in [-0.2, 0) is 0 Å². The second kappa shape index (κ2) is 13.7. The molecule has 0 aromatic carbocycles. The number of halogens is 2. The molecule has 0 heterocycles. The minimum absolute atomic E-state index is 0.187. The molecule has 1 atom stereocenters. The van der Waals surface area contributed by atoms with Gasteiger partial charge >= 0.3 is 0 Å². The Bertz CT molecular complexity index is 203. The van der Waals surface area contributed by atoms with Crippen molar-refractivity contribution >= 4 is 0 Å². The van der Waals surface area contributed by atoms with Gasteiger partial charge in [-0.3, -0.25) is 0 Å². The van der Waals surface area contributed by atoms with E-state index in [1.165, 1.54) is 0 Å². The molecular formula is C16H34F2N2. The van der Waals surface area contributed by atoms with Gasteiger partial charge in [0, 0.05) is 19.6 Å². The van der Waals surface area contributed by atoms with E-state index >= 15 is 0 Å². The van der Waals surface area contributed by atoms with Crippen molar-refractivity contribution < 1.29 is 8.96 Å². The molecule has 0 aliphatic carbocycles. The van der Waals surface area contributed by atoms with Crippen LogP contribution >= 0.6 is 0 Å². The fourth-order valence-corrected chi connectivity index (χ4v) is 2.32. The van der Waals surface area contributed by atoms with E-state index in [2.05, 4.69) is 13.8 Å². The van der Waals surface area contributed by atoms with Gasteiger partial charge in [-0.15, -0.1) is 19.2 Å². The fraction of sp³-hybridized carbons (Fsp3) is 1.00. The molecule has 0 saturated heterocycles. The first-order valence-corrected chi connectivity index (χ1v) is 8.48. The molecular weight excluding hydrogens is 258 g/mol. The van der Waals surface area contributed by atoms with Crippen LogP contribution in [0.1, 0.15) is 78.6 Å². The highest BCUT2D eigenvalue weighted by atomic mass is 19.2. The molecule has 0 aliphatic rings. The summed E-state index contributed by atoms with van der Waals surface area (Å²) in [5, 5.41) is 1.64. The van der Waals surface area contributed by atoms with Crippen LogP contribution in [-0.4, -0.2) is 35.9 Å². The van der Waals surface area contributed by atoms with E-state index in [1.807, 2.05) is 6.92 Å². The van der Waals surface area contributed by atoms with Gasteiger partial charge in [0.2, 0.25) is 0 Å². The van der Waals surface area contributed by atoms with Crippen molar-refractivity contribution in [3.63, 3.8) is 0 Å². The largest absolute Gasteiger partial charge is 0.145 e. The van der Waals surface area contributed by atoms with Crippen LogP contribution in [0.4, 0.5) is 8.96 Å². The molecule has 2 nitrogen and oxygen atoms in total. The Kier molecular flexibility index (Phi) is 13.6. The fourth-order valence-electron chi connectivity index (χ4n) is 2.32. The van der Waals surface area contributed by atoms with E-state index in [-0.39, 0.29) is 12.6 Å². The average Bonchev–Trinajstić information content (AvgIpc) is 2.45. The van der Waals surface area contributed by atoms with Gasteiger partial charge in [0.25, 0.3) is 0 Å². The molecule has 0 radical (unpaired) electrons. The van der Waals surface area contributed by atoms with Crippen LogP contribution in [0.25, 0.3) is 0 Å². The van der Waals surface area contributed by atoms with Crippen molar-refractivity contribution in [2.45, 2.75) is 84.6 Å². The highest BCUT2D eigenvalue weighted by Crippen LogP contribution is 2.11. The molecule has 0 N–H and O–H groups in total. The first-order chi connectivity index (χ1) is 9.65. The zero-order valence-corrected chi connectivity index (χ0v) is 13.7. The topological polar surface area (TPSA) is 6.48 Å². The molecule has 1 unspecified atom stereocenters. The van der Waals surface area contributed by atoms with E-state index in [4.69, 9.17) is 0 Å². The Morgan fingerprint density at radius 2 is 1.30 bits per heavy atom. The molecule has 0 spiro atoms. The van der Waals surface area contributed by atoms with E-state index in [0.717, 1.165) is 61.6 Å². The third-order valence-electron chi connectivity index (χ3n) is 3.76. The van der Waals surface area contributed by atoms with E-state index in [1.54, 1.807) is 0 Å². The van der Waals surface area contributed by atoms with Crippen molar-refractivity contribution in [1.29, 1.82) is 0 Å². The monoisotopic (exact) mass is 292 g/mol. The maximum Gasteiger partial charge on any atom is 0.0553 e. The summed E-state index contributed by atoms with van der Waals surface area (Å²) in [7, 11) is 0. The molecule has 0 rings (SSSR count). The average molecular weight is 292 g/mol. The van der Waals surface area contributed by atoms with E-state index in [0.29, 0.717) is 19.5 Å². The third kappa shape index (κ3) is 10.6. The standard InChI is InChI=1S/C16H34F2N2/c1-4-7-9-11-13-19(17)15-16(6-3)20(18)14-12-10-8-5-2/h16H,4-15H2,1-3H3. The number of hydrogen-bond acceptors (Lipinski definition) is 2. The van der Waals surface area contributed by atoms with Crippen molar-refractivity contribution in [1.82, 2.24) is 10.2 Å². The maximum absolute atomic E-state index is 13.9. The van der Waals surface area contributed by atoms with Gasteiger partial charge in [0.05, 0.1) is 6.04 Å². The van der Waals surface area contributed by atoms with Crippen molar-refractivity contribution in [2.75, 3.05) is 19.6 Å². The summed E-state index contributed by atoms with van der Waals surface area (Å²) in [6.07, 6.45) is 9.11. The quantitative estimate of drug-likeness (QED) is 0.317. The summed E-state index contributed by atoms with van der Waals surface area (Å²) in [6, 6.07) is -0.312. The highest BCUT2D eigenvalue weighted by molar-refractivity contribution is 4.67. The molecule has 20 heavy (non-hydrogen) atoms. The Morgan fingerprint density at radius 1 is 0.750 bits per heavy atom. The lowest BCUT2D eigenvalue weighted by atomic mass is 10.1. The molecule has 122 valence electrons. The van der Waals surface area contributed by atoms with Gasteiger partial charge in [-0.2, -0.15) is 0 Å². The first-order valence-electron chi connectivity index (χ1n) is 8.48. The molecule has 0 aromatic heterocycles. The van der Waals surface area contributed by atoms with Crippen molar-refractivity contribution in [2.24, 2.45) is 0 Å². The van der Waals surface area contributed by atoms with Gasteiger partial charge in [0.1, 0.15) is 0 Å². The summed E-state index contributed by atoms with van der Waals surface area (Å²) >= 11 is 0. The minimum Gasteiger partial charge on any atom is -0.145 e. The van der Waals surface area contributed by atoms with E-state index in [9.17, 15) is 8.96 Å². The molecule has 0 fully saturated rings. The highest BCUT2D eigenvalue weighted by Gasteiger charge is 2.19. The van der Waals surface area contributed by atoms with Crippen LogP contribution in [0.5, 0.6) is 0 Å². The SMILES string of the molecule is CCCCCCN(F)CC(CC)N(F)CCCCCC. The lowest BCUT2D eigenvalue weighted by molar-refractivity contribution is -0.0729. The molecule has 0 bridgehead atoms. The minimum atomic E-state index is -0.312. The molecule has 0 aliphatic heterocycles. The number of hydrogen-bond donors (Lipinski definition) is 0. The number of unbranched alkanes of at least 4 members (excludes halogenated alkanes) is 6. The predicted molar refractivity (Wildman–Crippen MR) is 82.9 cm³/mol. The second-order valence-corrected chi connectivity index (χ2v) is 5.68. The van der Waals surface area contributed by atoms with Crippen molar-refractivity contribution in [3.8, 4) is 0 Å². The lowest BCUT2D eigenvalue weighted by Crippen LogP contribution is -2.37. The molecule has 0 aromatic rings. The third-order valence-corrected chi connectivity index (χ3v) is 3.76. The molecule has 4 heteroatoms. The van der Waals surface area contributed by atoms with Crippen LogP contribution in [0.2, 0.25) is 0 Å². The van der Waals surface area contributed by atoms with Gasteiger partial charge < -0.3 is 0 Å². The Morgan fingerprint density at radius 3 is 1.80 bits per heavy atom. The van der Waals surface area contributed by atoms with E-state index < -0.39 is 0 Å². The normalized spacial score (nSPS) is 13.3. The number of nitrogens with zero attached hydrogens (tertiary/aromatic N) is 2. The number of rotatable bonds is 14. The van der Waals surface area contributed by atoms with Gasteiger partial charge in [0.15, 0.2) is 0 Å². The summed E-state index contributed by atoms with van der Waals surface area (Å²) < 4.78 is 27.6. The second-order valence-electron chi connectivity index (χ2n) is 5.68. The smallest absolute Gasteiger partial charge is 0.0553 e. The lowest BCUT2D eigenvalue weighted by Gasteiger charge is -2.25. The summed E-state index contributed by atoms with van der Waals surface area (Å²) in [5.41, 5.74) is 0. The van der Waals surface area contributed by atoms with Crippen LogP contribution in [0.15, 0.2) is 0 Å². The van der Waals surface area contributed by atoms with Crippen LogP contribution in [0.3, 0.4) is 0 Å². The summed E-state index contributed by atoms with van der Waals surface area (Å²) in [5.74, 6) is 0. The van der Waals surface area contributed by atoms with Gasteiger partial charge in [-0.25, -0.2) is 0 Å². The molecule has 0 amide bonds. The van der Waals surface area contributed by atoms with Gasteiger partial charge in [-0.1, -0.05) is 59.3 Å². The van der Waals surface area contributed by atoms with Gasteiger partial charge in [-0.05, 0) is 19.3 Å². The Labute approximate surface area is 124 Å². The van der Waals surface area contributed by atoms with Crippen molar-refractivity contribution in [3.05, 3.63) is 0 Å². The first kappa shape index (κ1) is 19.8. The van der Waals surface area contributed by atoms with Crippen LogP contribution in [0, 0.1) is 0 Å². The Hall–Kier alpha value is -0.220. The molecule has 0 saturated carbocycles. The summed E-state index contributed by atoms with van der Waals surface area (Å²) in [6.45, 7) is 7.25. The summed E-state index contributed by atoms with van der Waals surface area (Å²) in [4.78, 5) is 0. The van der Waals surface area contributed by atoms with Crippen LogP contribution < -0.4 is 0 Å². The Balaban J connectivity index is 3.81.